The SMILES string of the molecule is Cc1ccc(C2SCC(=O)N2c2ccc3nc(C)[nH]c3c2)cc1. The standard InChI is InChI=1S/C18H17N3OS/c1-11-3-5-13(6-4-11)18-21(17(22)10-23-18)14-7-8-15-16(9-14)20-12(2)19-15/h3-9,18H,10H2,1-2H3,(H,19,20). The number of aromatic nitrogens is 2. The van der Waals surface area contributed by atoms with Crippen LogP contribution in [0.2, 0.25) is 0 Å². The summed E-state index contributed by atoms with van der Waals surface area (Å²) in [7, 11) is 0. The lowest BCUT2D eigenvalue weighted by Gasteiger charge is -2.24. The molecule has 4 rings (SSSR count). The molecule has 1 aromatic heterocycles. The Kier molecular flexibility index (Phi) is 3.38. The summed E-state index contributed by atoms with van der Waals surface area (Å²) in [6.07, 6.45) is 0. The third-order valence-corrected chi connectivity index (χ3v) is 5.30. The summed E-state index contributed by atoms with van der Waals surface area (Å²) in [4.78, 5) is 22.0. The van der Waals surface area contributed by atoms with Crippen LogP contribution in [0.3, 0.4) is 0 Å². The number of imidazole rings is 1. The highest BCUT2D eigenvalue weighted by atomic mass is 32.2. The minimum Gasteiger partial charge on any atom is -0.342 e. The normalized spacial score (nSPS) is 18.1. The molecular formula is C18H17N3OS. The van der Waals surface area contributed by atoms with Crippen molar-refractivity contribution in [2.24, 2.45) is 0 Å². The van der Waals surface area contributed by atoms with Gasteiger partial charge in [0.1, 0.15) is 11.2 Å². The Balaban J connectivity index is 1.76. The molecule has 2 heterocycles. The molecule has 2 aromatic carbocycles. The molecule has 3 aromatic rings. The lowest BCUT2D eigenvalue weighted by atomic mass is 10.1. The first-order valence-electron chi connectivity index (χ1n) is 7.58. The molecule has 1 aliphatic rings. The van der Waals surface area contributed by atoms with Crippen LogP contribution in [0.4, 0.5) is 5.69 Å². The van der Waals surface area contributed by atoms with E-state index >= 15 is 0 Å². The van der Waals surface area contributed by atoms with Crippen molar-refractivity contribution in [1.82, 2.24) is 9.97 Å². The molecule has 116 valence electrons. The second-order valence-corrected chi connectivity index (χ2v) is 6.93. The number of rotatable bonds is 2. The summed E-state index contributed by atoms with van der Waals surface area (Å²) in [6.45, 7) is 4.01. The van der Waals surface area contributed by atoms with Crippen LogP contribution in [-0.2, 0) is 4.79 Å². The maximum atomic E-state index is 12.4. The van der Waals surface area contributed by atoms with E-state index in [2.05, 4.69) is 41.2 Å². The molecule has 5 heteroatoms. The monoisotopic (exact) mass is 323 g/mol. The minimum atomic E-state index is 0.0320. The molecule has 0 bridgehead atoms. The first-order chi connectivity index (χ1) is 11.1. The van der Waals surface area contributed by atoms with Gasteiger partial charge in [-0.15, -0.1) is 11.8 Å². The summed E-state index contributed by atoms with van der Waals surface area (Å²) >= 11 is 1.67. The zero-order chi connectivity index (χ0) is 16.0. The van der Waals surface area contributed by atoms with E-state index < -0.39 is 0 Å². The zero-order valence-electron chi connectivity index (χ0n) is 13.0. The number of aromatic amines is 1. The molecule has 1 unspecified atom stereocenters. The topological polar surface area (TPSA) is 49.0 Å². The van der Waals surface area contributed by atoms with Gasteiger partial charge in [-0.3, -0.25) is 9.69 Å². The Morgan fingerprint density at radius 3 is 2.74 bits per heavy atom. The first kappa shape index (κ1) is 14.3. The average molecular weight is 323 g/mol. The van der Waals surface area contributed by atoms with Crippen molar-refractivity contribution in [3.05, 3.63) is 59.4 Å². The number of H-pyrrole nitrogens is 1. The van der Waals surface area contributed by atoms with Gasteiger partial charge in [0.2, 0.25) is 5.91 Å². The molecule has 1 atom stereocenters. The number of anilines is 1. The van der Waals surface area contributed by atoms with E-state index in [4.69, 9.17) is 0 Å². The number of carbonyl (C=O) groups is 1. The van der Waals surface area contributed by atoms with Gasteiger partial charge in [0.05, 0.1) is 16.8 Å². The van der Waals surface area contributed by atoms with E-state index in [0.29, 0.717) is 5.75 Å². The Bertz CT molecular complexity index is 885. The van der Waals surface area contributed by atoms with Crippen molar-refractivity contribution in [3.63, 3.8) is 0 Å². The number of nitrogens with zero attached hydrogens (tertiary/aromatic N) is 2. The fourth-order valence-corrected chi connectivity index (χ4v) is 4.13. The molecule has 0 spiro atoms. The first-order valence-corrected chi connectivity index (χ1v) is 8.63. The van der Waals surface area contributed by atoms with E-state index in [1.165, 1.54) is 5.56 Å². The van der Waals surface area contributed by atoms with Crippen LogP contribution >= 0.6 is 11.8 Å². The smallest absolute Gasteiger partial charge is 0.238 e. The number of amides is 1. The predicted molar refractivity (Wildman–Crippen MR) is 94.7 cm³/mol. The van der Waals surface area contributed by atoms with Crippen molar-refractivity contribution in [2.75, 3.05) is 10.7 Å². The number of hydrogen-bond acceptors (Lipinski definition) is 3. The van der Waals surface area contributed by atoms with Crippen LogP contribution in [0.25, 0.3) is 11.0 Å². The highest BCUT2D eigenvalue weighted by Gasteiger charge is 2.34. The van der Waals surface area contributed by atoms with Gasteiger partial charge in [-0.2, -0.15) is 0 Å². The van der Waals surface area contributed by atoms with E-state index in [1.54, 1.807) is 11.8 Å². The fourth-order valence-electron chi connectivity index (χ4n) is 2.96. The van der Waals surface area contributed by atoms with Crippen molar-refractivity contribution >= 4 is 34.4 Å². The highest BCUT2D eigenvalue weighted by molar-refractivity contribution is 8.00. The van der Waals surface area contributed by atoms with Crippen molar-refractivity contribution in [1.29, 1.82) is 0 Å². The fraction of sp³-hybridized carbons (Fsp3) is 0.222. The van der Waals surface area contributed by atoms with Crippen molar-refractivity contribution in [3.8, 4) is 0 Å². The molecule has 0 aliphatic carbocycles. The van der Waals surface area contributed by atoms with Crippen LogP contribution < -0.4 is 4.90 Å². The molecule has 1 aliphatic heterocycles. The van der Waals surface area contributed by atoms with Crippen LogP contribution in [0, 0.1) is 13.8 Å². The number of thioether (sulfide) groups is 1. The third-order valence-electron chi connectivity index (χ3n) is 4.09. The molecule has 4 nitrogen and oxygen atoms in total. The number of hydrogen-bond donors (Lipinski definition) is 1. The molecule has 0 radical (unpaired) electrons. The summed E-state index contributed by atoms with van der Waals surface area (Å²) in [5.41, 5.74) is 5.20. The van der Waals surface area contributed by atoms with Crippen LogP contribution in [-0.4, -0.2) is 21.6 Å². The van der Waals surface area contributed by atoms with Crippen LogP contribution in [0.5, 0.6) is 0 Å². The van der Waals surface area contributed by atoms with Gasteiger partial charge in [-0.1, -0.05) is 29.8 Å². The van der Waals surface area contributed by atoms with Crippen molar-refractivity contribution < 1.29 is 4.79 Å². The summed E-state index contributed by atoms with van der Waals surface area (Å²) in [6, 6.07) is 14.4. The molecule has 23 heavy (non-hydrogen) atoms. The maximum absolute atomic E-state index is 12.4. The number of fused-ring (bicyclic) bond motifs is 1. The van der Waals surface area contributed by atoms with Crippen LogP contribution in [0.15, 0.2) is 42.5 Å². The zero-order valence-corrected chi connectivity index (χ0v) is 13.9. The van der Waals surface area contributed by atoms with Gasteiger partial charge in [0.25, 0.3) is 0 Å². The van der Waals surface area contributed by atoms with E-state index in [1.807, 2.05) is 30.0 Å². The quantitative estimate of drug-likeness (QED) is 0.776. The van der Waals surface area contributed by atoms with Gasteiger partial charge in [-0.05, 0) is 37.6 Å². The average Bonchev–Trinajstić information content (AvgIpc) is 3.09. The number of aryl methyl sites for hydroxylation is 2. The van der Waals surface area contributed by atoms with E-state index in [-0.39, 0.29) is 11.3 Å². The summed E-state index contributed by atoms with van der Waals surface area (Å²) < 4.78 is 0. The lowest BCUT2D eigenvalue weighted by molar-refractivity contribution is -0.115. The molecule has 1 saturated heterocycles. The Labute approximate surface area is 138 Å². The molecule has 1 amide bonds. The van der Waals surface area contributed by atoms with Gasteiger partial charge in [0, 0.05) is 5.69 Å². The molecular weight excluding hydrogens is 306 g/mol. The second-order valence-electron chi connectivity index (χ2n) is 5.86. The summed E-state index contributed by atoms with van der Waals surface area (Å²) in [5.74, 6) is 1.55. The largest absolute Gasteiger partial charge is 0.342 e. The lowest BCUT2D eigenvalue weighted by Crippen LogP contribution is -2.27. The maximum Gasteiger partial charge on any atom is 0.238 e. The molecule has 1 N–H and O–H groups in total. The number of benzene rings is 2. The van der Waals surface area contributed by atoms with Gasteiger partial charge < -0.3 is 4.98 Å². The second kappa shape index (κ2) is 5.42. The number of nitrogens with one attached hydrogen (secondary N) is 1. The van der Waals surface area contributed by atoms with E-state index in [9.17, 15) is 4.79 Å². The highest BCUT2D eigenvalue weighted by Crippen LogP contribution is 2.42. The Morgan fingerprint density at radius 1 is 1.17 bits per heavy atom. The Morgan fingerprint density at radius 2 is 1.96 bits per heavy atom. The van der Waals surface area contributed by atoms with Gasteiger partial charge in [0.15, 0.2) is 0 Å². The summed E-state index contributed by atoms with van der Waals surface area (Å²) in [5, 5.41) is 0.0320. The number of carbonyl (C=O) groups excluding carboxylic acids is 1. The van der Waals surface area contributed by atoms with Gasteiger partial charge >= 0.3 is 0 Å². The van der Waals surface area contributed by atoms with Crippen LogP contribution in [0.1, 0.15) is 22.3 Å². The minimum absolute atomic E-state index is 0.0320. The van der Waals surface area contributed by atoms with E-state index in [0.717, 1.165) is 28.1 Å². The predicted octanol–water partition coefficient (Wildman–Crippen LogP) is 3.96. The van der Waals surface area contributed by atoms with Crippen molar-refractivity contribution in [2.45, 2.75) is 19.2 Å². The molecule has 1 fully saturated rings. The Hall–Kier alpha value is -2.27. The third kappa shape index (κ3) is 2.51. The van der Waals surface area contributed by atoms with Gasteiger partial charge in [-0.25, -0.2) is 4.98 Å². The molecule has 0 saturated carbocycles.